The normalized spacial score (nSPS) is 10.0. The Bertz CT molecular complexity index is 391. The smallest absolute Gasteiger partial charge is 0.321 e. The van der Waals surface area contributed by atoms with E-state index >= 15 is 0 Å². The Hall–Kier alpha value is -1.50. The summed E-state index contributed by atoms with van der Waals surface area (Å²) in [5, 5.41) is 5.50. The van der Waals surface area contributed by atoms with E-state index in [9.17, 15) is 9.59 Å². The van der Waals surface area contributed by atoms with Crippen LogP contribution in [0.2, 0.25) is 0 Å². The Kier molecular flexibility index (Phi) is 5.55. The highest BCUT2D eigenvalue weighted by molar-refractivity contribution is 7.99. The van der Waals surface area contributed by atoms with E-state index in [0.29, 0.717) is 6.54 Å². The molecule has 0 aliphatic rings. The van der Waals surface area contributed by atoms with Crippen LogP contribution in [0.3, 0.4) is 0 Å². The third kappa shape index (κ3) is 4.48. The molecular formula is C10H16N4O2S. The third-order valence-corrected chi connectivity index (χ3v) is 2.95. The van der Waals surface area contributed by atoms with Gasteiger partial charge in [-0.25, -0.2) is 9.78 Å². The highest BCUT2D eigenvalue weighted by Crippen LogP contribution is 2.14. The van der Waals surface area contributed by atoms with Gasteiger partial charge < -0.3 is 9.88 Å². The van der Waals surface area contributed by atoms with Gasteiger partial charge in [0.05, 0.1) is 5.75 Å². The highest BCUT2D eigenvalue weighted by Gasteiger charge is 2.09. The van der Waals surface area contributed by atoms with Gasteiger partial charge in [-0.05, 0) is 13.8 Å². The van der Waals surface area contributed by atoms with E-state index in [0.717, 1.165) is 11.7 Å². The fourth-order valence-electron chi connectivity index (χ4n) is 1.17. The number of hydrogen-bond donors (Lipinski definition) is 2. The van der Waals surface area contributed by atoms with Crippen molar-refractivity contribution >= 4 is 23.7 Å². The lowest BCUT2D eigenvalue weighted by Crippen LogP contribution is -2.40. The molecule has 0 radical (unpaired) electrons. The second kappa shape index (κ2) is 6.95. The van der Waals surface area contributed by atoms with Gasteiger partial charge in [0.1, 0.15) is 0 Å². The van der Waals surface area contributed by atoms with Gasteiger partial charge in [0.15, 0.2) is 5.16 Å². The maximum Gasteiger partial charge on any atom is 0.321 e. The van der Waals surface area contributed by atoms with Gasteiger partial charge in [0, 0.05) is 25.5 Å². The summed E-state index contributed by atoms with van der Waals surface area (Å²) in [5.41, 5.74) is 0. The molecule has 0 saturated heterocycles. The number of nitrogens with zero attached hydrogens (tertiary/aromatic N) is 2. The summed E-state index contributed by atoms with van der Waals surface area (Å²) in [5.74, 6) is -0.152. The number of aromatic nitrogens is 2. The van der Waals surface area contributed by atoms with Crippen LogP contribution in [0.5, 0.6) is 0 Å². The third-order valence-electron chi connectivity index (χ3n) is 1.94. The molecule has 1 heterocycles. The minimum absolute atomic E-state index is 0.175. The van der Waals surface area contributed by atoms with E-state index < -0.39 is 6.03 Å². The van der Waals surface area contributed by atoms with Crippen molar-refractivity contribution in [1.29, 1.82) is 0 Å². The topological polar surface area (TPSA) is 76.0 Å². The first-order valence-electron chi connectivity index (χ1n) is 5.39. The van der Waals surface area contributed by atoms with Crippen molar-refractivity contribution in [2.24, 2.45) is 0 Å². The van der Waals surface area contributed by atoms with Gasteiger partial charge in [-0.3, -0.25) is 10.1 Å². The molecule has 6 nitrogen and oxygen atoms in total. The molecule has 0 fully saturated rings. The van der Waals surface area contributed by atoms with Crippen LogP contribution in [0.25, 0.3) is 0 Å². The monoisotopic (exact) mass is 256 g/mol. The van der Waals surface area contributed by atoms with Gasteiger partial charge >= 0.3 is 6.03 Å². The fraction of sp³-hybridized carbons (Fsp3) is 0.500. The van der Waals surface area contributed by atoms with Crippen molar-refractivity contribution in [1.82, 2.24) is 20.2 Å². The van der Waals surface area contributed by atoms with Crippen LogP contribution in [-0.4, -0.2) is 33.8 Å². The van der Waals surface area contributed by atoms with Crippen LogP contribution in [0.15, 0.2) is 17.6 Å². The van der Waals surface area contributed by atoms with Crippen LogP contribution in [0, 0.1) is 0 Å². The van der Waals surface area contributed by atoms with Crippen molar-refractivity contribution in [2.45, 2.75) is 25.5 Å². The Labute approximate surface area is 104 Å². The highest BCUT2D eigenvalue weighted by atomic mass is 32.2. The van der Waals surface area contributed by atoms with Crippen molar-refractivity contribution in [3.05, 3.63) is 12.4 Å². The molecule has 0 saturated carbocycles. The van der Waals surface area contributed by atoms with Crippen LogP contribution in [0.1, 0.15) is 13.8 Å². The van der Waals surface area contributed by atoms with E-state index in [4.69, 9.17) is 0 Å². The summed E-state index contributed by atoms with van der Waals surface area (Å²) in [4.78, 5) is 26.6. The average Bonchev–Trinajstić information content (AvgIpc) is 2.73. The number of thioether (sulfide) groups is 1. The lowest BCUT2D eigenvalue weighted by atomic mass is 10.6. The largest absolute Gasteiger partial charge is 0.338 e. The molecule has 1 aromatic rings. The number of nitrogens with one attached hydrogen (secondary N) is 2. The molecule has 94 valence electrons. The van der Waals surface area contributed by atoms with Gasteiger partial charge in [-0.2, -0.15) is 0 Å². The number of hydrogen-bond acceptors (Lipinski definition) is 4. The summed E-state index contributed by atoms with van der Waals surface area (Å²) in [6, 6.07) is -0.461. The molecule has 0 bridgehead atoms. The number of imide groups is 1. The van der Waals surface area contributed by atoms with E-state index in [2.05, 4.69) is 15.6 Å². The zero-order chi connectivity index (χ0) is 12.7. The quantitative estimate of drug-likeness (QED) is 0.765. The molecule has 0 aliphatic heterocycles. The second-order valence-electron chi connectivity index (χ2n) is 3.19. The predicted octanol–water partition coefficient (Wildman–Crippen LogP) is 0.841. The van der Waals surface area contributed by atoms with Crippen molar-refractivity contribution in [3.63, 3.8) is 0 Å². The molecule has 2 N–H and O–H groups in total. The SMILES string of the molecule is CCNC(=O)NC(=O)CSc1nccn1CC. The van der Waals surface area contributed by atoms with Crippen molar-refractivity contribution < 1.29 is 9.59 Å². The molecular weight excluding hydrogens is 240 g/mol. The number of carbonyl (C=O) groups excluding carboxylic acids is 2. The van der Waals surface area contributed by atoms with Crippen LogP contribution >= 0.6 is 11.8 Å². The number of rotatable bonds is 5. The first kappa shape index (κ1) is 13.6. The zero-order valence-corrected chi connectivity index (χ0v) is 10.7. The lowest BCUT2D eigenvalue weighted by Gasteiger charge is -2.05. The van der Waals surface area contributed by atoms with E-state index in [-0.39, 0.29) is 11.7 Å². The summed E-state index contributed by atoms with van der Waals surface area (Å²) in [6.07, 6.45) is 3.54. The van der Waals surface area contributed by atoms with Crippen molar-refractivity contribution in [3.8, 4) is 0 Å². The van der Waals surface area contributed by atoms with E-state index in [1.807, 2.05) is 17.7 Å². The molecule has 1 aromatic heterocycles. The first-order valence-corrected chi connectivity index (χ1v) is 6.37. The Balaban J connectivity index is 2.35. The Morgan fingerprint density at radius 2 is 2.24 bits per heavy atom. The number of amides is 3. The first-order chi connectivity index (χ1) is 8.17. The number of aryl methyl sites for hydroxylation is 1. The fourth-order valence-corrected chi connectivity index (χ4v) is 2.00. The lowest BCUT2D eigenvalue weighted by molar-refractivity contribution is -0.117. The molecule has 17 heavy (non-hydrogen) atoms. The number of imidazole rings is 1. The maximum atomic E-state index is 11.4. The van der Waals surface area contributed by atoms with Crippen LogP contribution in [-0.2, 0) is 11.3 Å². The van der Waals surface area contributed by atoms with Gasteiger partial charge in [0.2, 0.25) is 5.91 Å². The maximum absolute atomic E-state index is 11.4. The number of urea groups is 1. The van der Waals surface area contributed by atoms with Gasteiger partial charge in [0.25, 0.3) is 0 Å². The van der Waals surface area contributed by atoms with Crippen LogP contribution < -0.4 is 10.6 Å². The standard InChI is InChI=1S/C10H16N4O2S/c1-3-11-9(16)13-8(15)7-17-10-12-5-6-14(10)4-2/h5-6H,3-4,7H2,1-2H3,(H2,11,13,15,16). The van der Waals surface area contributed by atoms with E-state index in [1.165, 1.54) is 11.8 Å². The Morgan fingerprint density at radius 3 is 2.88 bits per heavy atom. The molecule has 0 atom stereocenters. The average molecular weight is 256 g/mol. The van der Waals surface area contributed by atoms with Crippen LogP contribution in [0.4, 0.5) is 4.79 Å². The molecule has 7 heteroatoms. The molecule has 1 rings (SSSR count). The van der Waals surface area contributed by atoms with Gasteiger partial charge in [-0.15, -0.1) is 0 Å². The summed E-state index contributed by atoms with van der Waals surface area (Å²) >= 11 is 1.31. The summed E-state index contributed by atoms with van der Waals surface area (Å²) in [7, 11) is 0. The molecule has 3 amide bonds. The van der Waals surface area contributed by atoms with E-state index in [1.54, 1.807) is 13.1 Å². The minimum atomic E-state index is -0.461. The zero-order valence-electron chi connectivity index (χ0n) is 9.90. The summed E-state index contributed by atoms with van der Waals surface area (Å²) < 4.78 is 1.93. The minimum Gasteiger partial charge on any atom is -0.338 e. The predicted molar refractivity (Wildman–Crippen MR) is 65.8 cm³/mol. The Morgan fingerprint density at radius 1 is 1.47 bits per heavy atom. The van der Waals surface area contributed by atoms with Crippen molar-refractivity contribution in [2.75, 3.05) is 12.3 Å². The summed E-state index contributed by atoms with van der Waals surface area (Å²) in [6.45, 7) is 5.09. The molecule has 0 aromatic carbocycles. The second-order valence-corrected chi connectivity index (χ2v) is 4.13. The van der Waals surface area contributed by atoms with Gasteiger partial charge in [-0.1, -0.05) is 11.8 Å². The molecule has 0 aliphatic carbocycles. The molecule has 0 unspecified atom stereocenters. The molecule has 0 spiro atoms. The number of carbonyl (C=O) groups is 2.